The van der Waals surface area contributed by atoms with Gasteiger partial charge in [0.15, 0.2) is 5.03 Å². The Morgan fingerprint density at radius 3 is 2.46 bits per heavy atom. The largest absolute Gasteiger partial charge is 0.385 e. The van der Waals surface area contributed by atoms with Crippen LogP contribution in [0.5, 0.6) is 0 Å². The lowest BCUT2D eigenvalue weighted by Gasteiger charge is -2.38. The van der Waals surface area contributed by atoms with E-state index in [1.165, 1.54) is 29.2 Å². The second-order valence-electron chi connectivity index (χ2n) is 8.54. The van der Waals surface area contributed by atoms with E-state index in [0.717, 1.165) is 11.8 Å². The van der Waals surface area contributed by atoms with E-state index >= 15 is 0 Å². The predicted octanol–water partition coefficient (Wildman–Crippen LogP) is 3.70. The fourth-order valence-corrected chi connectivity index (χ4v) is 5.19. The first-order valence-corrected chi connectivity index (χ1v) is 12.7. The molecule has 2 aromatic carbocycles. The van der Waals surface area contributed by atoms with Crippen LogP contribution in [0.1, 0.15) is 34.3 Å². The van der Waals surface area contributed by atoms with Gasteiger partial charge in [-0.05, 0) is 55.2 Å². The number of aromatic nitrogens is 1. The number of hydrogen-bond acceptors (Lipinski definition) is 6. The number of nitrogens with two attached hydrogens (primary N) is 1. The van der Waals surface area contributed by atoms with Crippen LogP contribution < -0.4 is 10.5 Å². The molecule has 2 heterocycles. The van der Waals surface area contributed by atoms with Crippen molar-refractivity contribution in [2.24, 2.45) is 5.14 Å². The van der Waals surface area contributed by atoms with E-state index in [1.54, 1.807) is 12.1 Å². The van der Waals surface area contributed by atoms with Crippen LogP contribution in [0.3, 0.4) is 0 Å². The van der Waals surface area contributed by atoms with Crippen LogP contribution in [-0.2, 0) is 15.6 Å². The molecule has 11 heteroatoms. The molecule has 0 aliphatic carbocycles. The number of pyridine rings is 1. The van der Waals surface area contributed by atoms with Crippen LogP contribution in [0, 0.1) is 12.7 Å². The van der Waals surface area contributed by atoms with Crippen molar-refractivity contribution in [1.29, 1.82) is 0 Å². The van der Waals surface area contributed by atoms with Gasteiger partial charge in [-0.15, -0.1) is 0 Å². The smallest absolute Gasteiger partial charge is 0.257 e. The van der Waals surface area contributed by atoms with E-state index in [4.69, 9.17) is 16.7 Å². The first-order chi connectivity index (χ1) is 16.5. The van der Waals surface area contributed by atoms with Gasteiger partial charge in [0.1, 0.15) is 10.8 Å². The lowest BCUT2D eigenvalue weighted by molar-refractivity contribution is -0.0211. The first-order valence-electron chi connectivity index (χ1n) is 10.8. The molecule has 8 nitrogen and oxygen atoms in total. The van der Waals surface area contributed by atoms with Crippen molar-refractivity contribution in [2.45, 2.75) is 30.4 Å². The summed E-state index contributed by atoms with van der Waals surface area (Å²) in [7, 11) is -4.24. The van der Waals surface area contributed by atoms with Crippen LogP contribution in [0.2, 0.25) is 5.02 Å². The van der Waals surface area contributed by atoms with Gasteiger partial charge in [-0.1, -0.05) is 35.9 Å². The van der Waals surface area contributed by atoms with Crippen LogP contribution >= 0.6 is 11.6 Å². The Labute approximate surface area is 207 Å². The molecule has 1 fully saturated rings. The summed E-state index contributed by atoms with van der Waals surface area (Å²) in [6, 6.07) is 12.9. The molecule has 4 N–H and O–H groups in total. The number of carbonyl (C=O) groups is 1. The zero-order chi connectivity index (χ0) is 25.4. The SMILES string of the molecule is Cc1cccc(Nc2c(C(=O)N3CCC(O)(c4ccc(F)cc4)CC3)cnc(S(N)(=O)=O)c2Cl)c1. The van der Waals surface area contributed by atoms with E-state index in [-0.39, 0.29) is 42.2 Å². The molecule has 1 saturated heterocycles. The lowest BCUT2D eigenvalue weighted by atomic mass is 9.84. The number of benzene rings is 2. The number of aryl methyl sites for hydroxylation is 1. The average Bonchev–Trinajstić information content (AvgIpc) is 2.80. The monoisotopic (exact) mass is 518 g/mol. The number of aliphatic hydroxyl groups is 1. The Bertz CT molecular complexity index is 1370. The van der Waals surface area contributed by atoms with E-state index < -0.39 is 32.4 Å². The summed E-state index contributed by atoms with van der Waals surface area (Å²) in [5.74, 6) is -0.831. The highest BCUT2D eigenvalue weighted by molar-refractivity contribution is 7.89. The highest BCUT2D eigenvalue weighted by Gasteiger charge is 2.36. The van der Waals surface area contributed by atoms with Crippen LogP contribution in [0.15, 0.2) is 59.8 Å². The van der Waals surface area contributed by atoms with Gasteiger partial charge in [0.25, 0.3) is 15.9 Å². The van der Waals surface area contributed by atoms with Gasteiger partial charge in [-0.25, -0.2) is 22.9 Å². The van der Waals surface area contributed by atoms with Crippen LogP contribution in [0.25, 0.3) is 0 Å². The maximum absolute atomic E-state index is 13.5. The van der Waals surface area contributed by atoms with E-state index in [2.05, 4.69) is 10.3 Å². The zero-order valence-electron chi connectivity index (χ0n) is 18.8. The molecule has 0 saturated carbocycles. The molecular formula is C24H24ClFN4O4S. The number of nitrogens with one attached hydrogen (secondary N) is 1. The Morgan fingerprint density at radius 1 is 1.20 bits per heavy atom. The normalized spacial score (nSPS) is 15.6. The summed E-state index contributed by atoms with van der Waals surface area (Å²) in [4.78, 5) is 18.8. The molecule has 0 atom stereocenters. The molecule has 3 aromatic rings. The quantitative estimate of drug-likeness (QED) is 0.473. The summed E-state index contributed by atoms with van der Waals surface area (Å²) in [5.41, 5.74) is 1.06. The Balaban J connectivity index is 1.64. The third kappa shape index (κ3) is 5.30. The molecule has 1 aromatic heterocycles. The summed E-state index contributed by atoms with van der Waals surface area (Å²) < 4.78 is 37.2. The summed E-state index contributed by atoms with van der Waals surface area (Å²) in [6.07, 6.45) is 1.61. The second-order valence-corrected chi connectivity index (χ2v) is 10.4. The predicted molar refractivity (Wildman–Crippen MR) is 131 cm³/mol. The van der Waals surface area contributed by atoms with Crippen molar-refractivity contribution < 1.29 is 22.7 Å². The van der Waals surface area contributed by atoms with Crippen molar-refractivity contribution >= 4 is 38.9 Å². The standard InChI is InChI=1S/C24H24ClFN4O4S/c1-15-3-2-4-18(13-15)29-21-19(14-28-22(20(21)25)35(27,33)34)23(31)30-11-9-24(32,10-12-30)16-5-7-17(26)8-6-16/h2-8,13-14,32H,9-12H2,1H3,(H,28,29)(H2,27,33,34). The second kappa shape index (κ2) is 9.54. The molecule has 4 rings (SSSR count). The fraction of sp³-hybridized carbons (Fsp3) is 0.250. The van der Waals surface area contributed by atoms with Gasteiger partial charge < -0.3 is 15.3 Å². The van der Waals surface area contributed by atoms with Gasteiger partial charge in [0, 0.05) is 25.0 Å². The number of sulfonamides is 1. The number of nitrogens with zero attached hydrogens (tertiary/aromatic N) is 2. The van der Waals surface area contributed by atoms with Crippen molar-refractivity contribution in [3.8, 4) is 0 Å². The number of hydrogen-bond donors (Lipinski definition) is 3. The van der Waals surface area contributed by atoms with Crippen molar-refractivity contribution in [3.63, 3.8) is 0 Å². The third-order valence-electron chi connectivity index (χ3n) is 6.03. The number of likely N-dealkylation sites (tertiary alicyclic amines) is 1. The molecule has 1 aliphatic heterocycles. The van der Waals surface area contributed by atoms with Gasteiger partial charge in [-0.2, -0.15) is 0 Å². The minimum atomic E-state index is -4.24. The Kier molecular flexibility index (Phi) is 6.83. The summed E-state index contributed by atoms with van der Waals surface area (Å²) >= 11 is 6.38. The molecule has 0 radical (unpaired) electrons. The molecule has 35 heavy (non-hydrogen) atoms. The maximum Gasteiger partial charge on any atom is 0.257 e. The van der Waals surface area contributed by atoms with Gasteiger partial charge >= 0.3 is 0 Å². The molecule has 184 valence electrons. The van der Waals surface area contributed by atoms with E-state index in [1.807, 2.05) is 19.1 Å². The number of amides is 1. The molecule has 0 spiro atoms. The first kappa shape index (κ1) is 25.1. The number of carbonyl (C=O) groups excluding carboxylic acids is 1. The van der Waals surface area contributed by atoms with Crippen molar-refractivity contribution in [2.75, 3.05) is 18.4 Å². The molecule has 0 unspecified atom stereocenters. The van der Waals surface area contributed by atoms with E-state index in [9.17, 15) is 22.7 Å². The Hall–Kier alpha value is -3.05. The van der Waals surface area contributed by atoms with Gasteiger partial charge in [-0.3, -0.25) is 4.79 Å². The minimum Gasteiger partial charge on any atom is -0.385 e. The van der Waals surface area contributed by atoms with Crippen molar-refractivity contribution in [1.82, 2.24) is 9.88 Å². The fourth-order valence-electron chi connectivity index (χ4n) is 4.12. The van der Waals surface area contributed by atoms with Crippen LogP contribution in [0.4, 0.5) is 15.8 Å². The summed E-state index contributed by atoms with van der Waals surface area (Å²) in [6.45, 7) is 2.31. The average molecular weight is 519 g/mol. The zero-order valence-corrected chi connectivity index (χ0v) is 20.4. The lowest BCUT2D eigenvalue weighted by Crippen LogP contribution is -2.45. The van der Waals surface area contributed by atoms with Crippen molar-refractivity contribution in [3.05, 3.63) is 82.3 Å². The topological polar surface area (TPSA) is 126 Å². The van der Waals surface area contributed by atoms with E-state index in [0.29, 0.717) is 11.3 Å². The minimum absolute atomic E-state index is 0.0659. The molecule has 1 amide bonds. The Morgan fingerprint density at radius 2 is 1.86 bits per heavy atom. The number of piperidine rings is 1. The number of halogens is 2. The molecule has 1 aliphatic rings. The van der Waals surface area contributed by atoms with Gasteiger partial charge in [0.05, 0.1) is 16.9 Å². The number of primary sulfonamides is 1. The third-order valence-corrected chi connectivity index (χ3v) is 7.36. The number of anilines is 2. The molecular weight excluding hydrogens is 495 g/mol. The summed E-state index contributed by atoms with van der Waals surface area (Å²) in [5, 5.41) is 18.5. The maximum atomic E-state index is 13.5. The number of rotatable bonds is 5. The molecule has 0 bridgehead atoms. The van der Waals surface area contributed by atoms with Crippen LogP contribution in [-0.4, -0.2) is 42.4 Å². The highest BCUT2D eigenvalue weighted by atomic mass is 35.5. The van der Waals surface area contributed by atoms with Gasteiger partial charge in [0.2, 0.25) is 0 Å². The highest BCUT2D eigenvalue weighted by Crippen LogP contribution is 2.36.